The Labute approximate surface area is 156 Å². The van der Waals surface area contributed by atoms with Crippen molar-refractivity contribution in [3.8, 4) is 0 Å². The number of halogens is 4. The summed E-state index contributed by atoms with van der Waals surface area (Å²) in [6.07, 6.45) is -4.73. The molecule has 2 N–H and O–H groups in total. The largest absolute Gasteiger partial charge is 0.418 e. The van der Waals surface area contributed by atoms with Gasteiger partial charge in [-0.3, -0.25) is 9.59 Å². The van der Waals surface area contributed by atoms with Gasteiger partial charge in [-0.15, -0.1) is 0 Å². The SMILES string of the molecule is O=C(Nc1ccc2ccccc2c1)C(=O)Nc1ccc(Cl)cc1C(F)(F)F. The number of benzene rings is 3. The minimum atomic E-state index is -4.73. The highest BCUT2D eigenvalue weighted by Gasteiger charge is 2.34. The monoisotopic (exact) mass is 392 g/mol. The van der Waals surface area contributed by atoms with Crippen LogP contribution < -0.4 is 10.6 Å². The van der Waals surface area contributed by atoms with Crippen LogP contribution in [0, 0.1) is 0 Å². The van der Waals surface area contributed by atoms with Gasteiger partial charge in [-0.25, -0.2) is 0 Å². The standard InChI is InChI=1S/C19H12ClF3N2O2/c20-13-6-8-16(15(10-13)19(21,22)23)25-18(27)17(26)24-14-7-5-11-3-1-2-4-12(11)9-14/h1-10H,(H,24,26)(H,25,27). The molecule has 0 bridgehead atoms. The van der Waals surface area contributed by atoms with E-state index >= 15 is 0 Å². The van der Waals surface area contributed by atoms with Crippen molar-refractivity contribution < 1.29 is 22.8 Å². The van der Waals surface area contributed by atoms with Gasteiger partial charge in [0, 0.05) is 10.7 Å². The average molecular weight is 393 g/mol. The predicted molar refractivity (Wildman–Crippen MR) is 97.7 cm³/mol. The van der Waals surface area contributed by atoms with Gasteiger partial charge in [0.2, 0.25) is 0 Å². The average Bonchev–Trinajstić information content (AvgIpc) is 2.62. The highest BCUT2D eigenvalue weighted by molar-refractivity contribution is 6.43. The number of carbonyl (C=O) groups is 2. The molecule has 0 aromatic heterocycles. The molecular weight excluding hydrogens is 381 g/mol. The lowest BCUT2D eigenvalue weighted by atomic mass is 10.1. The third kappa shape index (κ3) is 4.38. The molecule has 0 unspecified atom stereocenters. The molecule has 0 aliphatic heterocycles. The van der Waals surface area contributed by atoms with Crippen LogP contribution in [0.15, 0.2) is 60.7 Å². The van der Waals surface area contributed by atoms with Gasteiger partial charge in [-0.2, -0.15) is 13.2 Å². The predicted octanol–water partition coefficient (Wildman–Crippen LogP) is 5.09. The first-order valence-electron chi connectivity index (χ1n) is 7.72. The lowest BCUT2D eigenvalue weighted by Gasteiger charge is -2.14. The smallest absolute Gasteiger partial charge is 0.318 e. The van der Waals surface area contributed by atoms with E-state index in [-0.39, 0.29) is 5.02 Å². The number of carbonyl (C=O) groups excluding carboxylic acids is 2. The van der Waals surface area contributed by atoms with Gasteiger partial charge in [0.25, 0.3) is 0 Å². The van der Waals surface area contributed by atoms with Gasteiger partial charge < -0.3 is 10.6 Å². The fourth-order valence-electron chi connectivity index (χ4n) is 2.49. The van der Waals surface area contributed by atoms with Crippen molar-refractivity contribution in [1.29, 1.82) is 0 Å². The first-order chi connectivity index (χ1) is 12.7. The summed E-state index contributed by atoms with van der Waals surface area (Å²) < 4.78 is 39.2. The number of rotatable bonds is 2. The molecule has 0 saturated carbocycles. The lowest BCUT2D eigenvalue weighted by molar-refractivity contribution is -0.137. The third-order valence-corrected chi connectivity index (χ3v) is 3.98. The molecule has 0 aliphatic carbocycles. The molecule has 0 atom stereocenters. The number of alkyl halides is 3. The van der Waals surface area contributed by atoms with E-state index in [1.54, 1.807) is 18.2 Å². The Kier molecular flexibility index (Phi) is 5.05. The molecule has 0 radical (unpaired) electrons. The Morgan fingerprint density at radius 3 is 2.19 bits per heavy atom. The van der Waals surface area contributed by atoms with Gasteiger partial charge >= 0.3 is 18.0 Å². The van der Waals surface area contributed by atoms with Gasteiger partial charge in [0.05, 0.1) is 11.3 Å². The number of amides is 2. The van der Waals surface area contributed by atoms with Crippen LogP contribution in [0.4, 0.5) is 24.5 Å². The molecule has 3 aromatic rings. The normalized spacial score (nSPS) is 11.3. The highest BCUT2D eigenvalue weighted by atomic mass is 35.5. The molecular formula is C19H12ClF3N2O2. The van der Waals surface area contributed by atoms with E-state index in [0.29, 0.717) is 11.8 Å². The van der Waals surface area contributed by atoms with E-state index in [2.05, 4.69) is 5.32 Å². The minimum absolute atomic E-state index is 0.138. The summed E-state index contributed by atoms with van der Waals surface area (Å²) in [6.45, 7) is 0. The molecule has 4 nitrogen and oxygen atoms in total. The topological polar surface area (TPSA) is 58.2 Å². The maximum Gasteiger partial charge on any atom is 0.418 e. The second-order valence-corrected chi connectivity index (χ2v) is 6.09. The van der Waals surface area contributed by atoms with Crippen LogP contribution >= 0.6 is 11.6 Å². The number of hydrogen-bond donors (Lipinski definition) is 2. The van der Waals surface area contributed by atoms with Crippen molar-refractivity contribution in [2.75, 3.05) is 10.6 Å². The number of fused-ring (bicyclic) bond motifs is 1. The molecule has 3 rings (SSSR count). The summed E-state index contributed by atoms with van der Waals surface area (Å²) in [5, 5.41) is 5.98. The fourth-order valence-corrected chi connectivity index (χ4v) is 2.67. The lowest BCUT2D eigenvalue weighted by Crippen LogP contribution is -2.30. The highest BCUT2D eigenvalue weighted by Crippen LogP contribution is 2.36. The van der Waals surface area contributed by atoms with Gasteiger partial charge in [0.1, 0.15) is 0 Å². The van der Waals surface area contributed by atoms with Crippen LogP contribution in [-0.4, -0.2) is 11.8 Å². The van der Waals surface area contributed by atoms with Crippen molar-refractivity contribution in [1.82, 2.24) is 0 Å². The van der Waals surface area contributed by atoms with Crippen LogP contribution in [0.1, 0.15) is 5.56 Å². The van der Waals surface area contributed by atoms with E-state index < -0.39 is 29.2 Å². The van der Waals surface area contributed by atoms with E-state index in [1.807, 2.05) is 29.6 Å². The van der Waals surface area contributed by atoms with E-state index in [4.69, 9.17) is 11.6 Å². The summed E-state index contributed by atoms with van der Waals surface area (Å²) >= 11 is 5.59. The second kappa shape index (κ2) is 7.28. The second-order valence-electron chi connectivity index (χ2n) is 5.66. The number of hydrogen-bond acceptors (Lipinski definition) is 2. The summed E-state index contributed by atoms with van der Waals surface area (Å²) in [6, 6.07) is 15.3. The van der Waals surface area contributed by atoms with Crippen molar-refractivity contribution in [3.05, 3.63) is 71.2 Å². The molecule has 0 saturated heterocycles. The molecule has 2 amide bonds. The Balaban J connectivity index is 1.77. The van der Waals surface area contributed by atoms with Crippen LogP contribution in [0.5, 0.6) is 0 Å². The fraction of sp³-hybridized carbons (Fsp3) is 0.0526. The molecule has 8 heteroatoms. The number of anilines is 2. The maximum atomic E-state index is 13.1. The summed E-state index contributed by atoms with van der Waals surface area (Å²) in [5.41, 5.74) is -1.34. The summed E-state index contributed by atoms with van der Waals surface area (Å²) in [7, 11) is 0. The van der Waals surface area contributed by atoms with E-state index in [9.17, 15) is 22.8 Å². The van der Waals surface area contributed by atoms with Crippen LogP contribution in [0.25, 0.3) is 10.8 Å². The number of nitrogens with one attached hydrogen (secondary N) is 2. The maximum absolute atomic E-state index is 13.1. The van der Waals surface area contributed by atoms with Crippen molar-refractivity contribution in [2.24, 2.45) is 0 Å². The molecule has 27 heavy (non-hydrogen) atoms. The van der Waals surface area contributed by atoms with Crippen LogP contribution in [-0.2, 0) is 15.8 Å². The Hall–Kier alpha value is -3.06. The van der Waals surface area contributed by atoms with Gasteiger partial charge in [0.15, 0.2) is 0 Å². The zero-order valence-corrected chi connectivity index (χ0v) is 14.4. The van der Waals surface area contributed by atoms with Crippen molar-refractivity contribution in [3.63, 3.8) is 0 Å². The molecule has 0 aliphatic rings. The Bertz CT molecular complexity index is 1030. The van der Waals surface area contributed by atoms with Crippen LogP contribution in [0.3, 0.4) is 0 Å². The zero-order valence-electron chi connectivity index (χ0n) is 13.6. The van der Waals surface area contributed by atoms with Crippen molar-refractivity contribution >= 4 is 45.6 Å². The molecule has 138 valence electrons. The quantitative estimate of drug-likeness (QED) is 0.597. The first kappa shape index (κ1) is 18.7. The Morgan fingerprint density at radius 1 is 0.815 bits per heavy atom. The van der Waals surface area contributed by atoms with E-state index in [1.165, 1.54) is 6.07 Å². The van der Waals surface area contributed by atoms with Crippen molar-refractivity contribution in [2.45, 2.75) is 6.18 Å². The van der Waals surface area contributed by atoms with E-state index in [0.717, 1.165) is 16.8 Å². The molecule has 3 aromatic carbocycles. The Morgan fingerprint density at radius 2 is 1.48 bits per heavy atom. The first-order valence-corrected chi connectivity index (χ1v) is 8.10. The molecule has 0 spiro atoms. The molecule has 0 fully saturated rings. The third-order valence-electron chi connectivity index (χ3n) is 3.75. The van der Waals surface area contributed by atoms with Crippen LogP contribution in [0.2, 0.25) is 5.02 Å². The summed E-state index contributed by atoms with van der Waals surface area (Å²) in [5.74, 6) is -2.32. The zero-order chi connectivity index (χ0) is 19.6. The molecule has 0 heterocycles. The van der Waals surface area contributed by atoms with Gasteiger partial charge in [-0.1, -0.05) is 41.9 Å². The summed E-state index contributed by atoms with van der Waals surface area (Å²) in [4.78, 5) is 24.1. The minimum Gasteiger partial charge on any atom is -0.318 e. The van der Waals surface area contributed by atoms with Gasteiger partial charge in [-0.05, 0) is 41.1 Å².